The largest absolute Gasteiger partial charge is 0.299 e. The van der Waals surface area contributed by atoms with E-state index in [1.165, 1.54) is 0 Å². The van der Waals surface area contributed by atoms with Gasteiger partial charge in [-0.25, -0.2) is 0 Å². The van der Waals surface area contributed by atoms with Gasteiger partial charge in [-0.05, 0) is 12.3 Å². The van der Waals surface area contributed by atoms with Crippen molar-refractivity contribution in [1.82, 2.24) is 0 Å². The van der Waals surface area contributed by atoms with Crippen molar-refractivity contribution in [2.45, 2.75) is 68.2 Å². The molecule has 0 aromatic carbocycles. The van der Waals surface area contributed by atoms with Gasteiger partial charge in [0.15, 0.2) is 0 Å². The molecule has 0 heterocycles. The van der Waals surface area contributed by atoms with Crippen LogP contribution in [0, 0.1) is 22.7 Å². The van der Waals surface area contributed by atoms with Gasteiger partial charge in [-0.15, -0.1) is 0 Å². The van der Waals surface area contributed by atoms with Crippen LogP contribution in [0.15, 0.2) is 0 Å². The van der Waals surface area contributed by atoms with Crippen LogP contribution in [-0.2, 0) is 9.59 Å². The van der Waals surface area contributed by atoms with Gasteiger partial charge in [0.05, 0.1) is 0 Å². The summed E-state index contributed by atoms with van der Waals surface area (Å²) in [6.07, 6.45) is 1.19. The van der Waals surface area contributed by atoms with E-state index in [0.717, 1.165) is 0 Å². The Hall–Kier alpha value is -0.660. The van der Waals surface area contributed by atoms with Crippen molar-refractivity contribution >= 4 is 11.6 Å². The molecule has 0 bridgehead atoms. The van der Waals surface area contributed by atoms with Gasteiger partial charge in [-0.1, -0.05) is 55.4 Å². The van der Waals surface area contributed by atoms with Crippen LogP contribution < -0.4 is 0 Å². The third-order valence-corrected chi connectivity index (χ3v) is 3.40. The topological polar surface area (TPSA) is 34.1 Å². The summed E-state index contributed by atoms with van der Waals surface area (Å²) >= 11 is 0. The van der Waals surface area contributed by atoms with E-state index in [1.54, 1.807) is 0 Å². The number of rotatable bonds is 5. The second-order valence-corrected chi connectivity index (χ2v) is 7.68. The maximum atomic E-state index is 12.4. The van der Waals surface area contributed by atoms with Gasteiger partial charge in [0.1, 0.15) is 11.6 Å². The second kappa shape index (κ2) is 5.99. The predicted octanol–water partition coefficient (Wildman–Crippen LogP) is 4.27. The number of hydrogen-bond donors (Lipinski definition) is 0. The van der Waals surface area contributed by atoms with Gasteiger partial charge in [0.2, 0.25) is 0 Å². The zero-order chi connectivity index (χ0) is 14.7. The van der Waals surface area contributed by atoms with Crippen LogP contribution in [0.3, 0.4) is 0 Å². The zero-order valence-corrected chi connectivity index (χ0v) is 13.4. The minimum atomic E-state index is -0.320. The Labute approximate surface area is 113 Å². The highest BCUT2D eigenvalue weighted by molar-refractivity contribution is 5.88. The van der Waals surface area contributed by atoms with Gasteiger partial charge in [0, 0.05) is 23.2 Å². The van der Waals surface area contributed by atoms with E-state index in [2.05, 4.69) is 13.8 Å². The smallest absolute Gasteiger partial charge is 0.141 e. The van der Waals surface area contributed by atoms with Gasteiger partial charge in [-0.3, -0.25) is 9.59 Å². The molecule has 1 atom stereocenters. The van der Waals surface area contributed by atoms with Gasteiger partial charge in [0.25, 0.3) is 0 Å². The van der Waals surface area contributed by atoms with Crippen molar-refractivity contribution in [2.75, 3.05) is 0 Å². The quantitative estimate of drug-likeness (QED) is 0.734. The normalized spacial score (nSPS) is 14.7. The molecule has 0 aliphatic rings. The van der Waals surface area contributed by atoms with Crippen molar-refractivity contribution in [2.24, 2.45) is 22.7 Å². The summed E-state index contributed by atoms with van der Waals surface area (Å²) in [6, 6.07) is 0. The van der Waals surface area contributed by atoms with Crippen LogP contribution in [0.1, 0.15) is 68.2 Å². The lowest BCUT2D eigenvalue weighted by molar-refractivity contribution is -0.133. The molecule has 0 unspecified atom stereocenters. The molecule has 2 heteroatoms. The first-order valence-corrected chi connectivity index (χ1v) is 6.95. The molecule has 0 fully saturated rings. The van der Waals surface area contributed by atoms with Crippen molar-refractivity contribution in [1.29, 1.82) is 0 Å². The molecule has 0 saturated heterocycles. The Morgan fingerprint density at radius 2 is 1.33 bits per heavy atom. The van der Waals surface area contributed by atoms with Crippen molar-refractivity contribution in [3.8, 4) is 0 Å². The van der Waals surface area contributed by atoms with Crippen LogP contribution in [0.5, 0.6) is 0 Å². The number of Topliss-reactive ketones (excluding diaryl/α,β-unsaturated/α-hetero) is 2. The van der Waals surface area contributed by atoms with E-state index in [-0.39, 0.29) is 28.3 Å². The first kappa shape index (κ1) is 17.3. The lowest BCUT2D eigenvalue weighted by Gasteiger charge is -2.28. The molecule has 18 heavy (non-hydrogen) atoms. The molecule has 0 radical (unpaired) electrons. The average Bonchev–Trinajstić information content (AvgIpc) is 2.13. The monoisotopic (exact) mass is 254 g/mol. The third kappa shape index (κ3) is 5.32. The molecule has 0 saturated carbocycles. The molecular weight excluding hydrogens is 224 g/mol. The molecule has 106 valence electrons. The number of hydrogen-bond acceptors (Lipinski definition) is 2. The molecule has 0 amide bonds. The SMILES string of the molecule is CC(C)[C@H](CCC(=O)C(C)(C)C)C(=O)C(C)(C)C. The van der Waals surface area contributed by atoms with E-state index in [1.807, 2.05) is 41.5 Å². The highest BCUT2D eigenvalue weighted by Gasteiger charge is 2.32. The summed E-state index contributed by atoms with van der Waals surface area (Å²) in [7, 11) is 0. The highest BCUT2D eigenvalue weighted by Crippen LogP contribution is 2.29. The van der Waals surface area contributed by atoms with Gasteiger partial charge < -0.3 is 0 Å². The number of ketones is 2. The van der Waals surface area contributed by atoms with E-state index in [0.29, 0.717) is 18.8 Å². The van der Waals surface area contributed by atoms with Crippen LogP contribution in [-0.4, -0.2) is 11.6 Å². The van der Waals surface area contributed by atoms with Crippen LogP contribution in [0.25, 0.3) is 0 Å². The maximum absolute atomic E-state index is 12.4. The van der Waals surface area contributed by atoms with E-state index in [4.69, 9.17) is 0 Å². The molecule has 0 aromatic rings. The fraction of sp³-hybridized carbons (Fsp3) is 0.875. The van der Waals surface area contributed by atoms with Gasteiger partial charge >= 0.3 is 0 Å². The molecule has 2 nitrogen and oxygen atoms in total. The molecule has 0 aliphatic carbocycles. The summed E-state index contributed by atoms with van der Waals surface area (Å²) in [5.74, 6) is 0.815. The lowest BCUT2D eigenvalue weighted by atomic mass is 9.75. The average molecular weight is 254 g/mol. The molecule has 0 spiro atoms. The second-order valence-electron chi connectivity index (χ2n) is 7.68. The fourth-order valence-electron chi connectivity index (χ4n) is 1.98. The Morgan fingerprint density at radius 1 is 0.889 bits per heavy atom. The number of carbonyl (C=O) groups is 2. The fourth-order valence-corrected chi connectivity index (χ4v) is 1.98. The van der Waals surface area contributed by atoms with Crippen LogP contribution in [0.4, 0.5) is 0 Å². The van der Waals surface area contributed by atoms with Crippen molar-refractivity contribution in [3.63, 3.8) is 0 Å². The zero-order valence-electron chi connectivity index (χ0n) is 13.4. The van der Waals surface area contributed by atoms with E-state index >= 15 is 0 Å². The first-order chi connectivity index (χ1) is 7.87. The van der Waals surface area contributed by atoms with Crippen molar-refractivity contribution < 1.29 is 9.59 Å². The molecule has 0 N–H and O–H groups in total. The summed E-state index contributed by atoms with van der Waals surface area (Å²) in [5, 5.41) is 0. The minimum absolute atomic E-state index is 0.00343. The Morgan fingerprint density at radius 3 is 1.61 bits per heavy atom. The van der Waals surface area contributed by atoms with Gasteiger partial charge in [-0.2, -0.15) is 0 Å². The molecule has 0 aliphatic heterocycles. The minimum Gasteiger partial charge on any atom is -0.299 e. The predicted molar refractivity (Wildman–Crippen MR) is 76.5 cm³/mol. The van der Waals surface area contributed by atoms with E-state index in [9.17, 15) is 9.59 Å². The molecular formula is C16H30O2. The summed E-state index contributed by atoms with van der Waals surface area (Å²) in [5.41, 5.74) is -0.619. The lowest BCUT2D eigenvalue weighted by Crippen LogP contribution is -2.32. The molecule has 0 aromatic heterocycles. The standard InChI is InChI=1S/C16H30O2/c1-11(2)12(14(18)16(6,7)8)9-10-13(17)15(3,4)5/h11-12H,9-10H2,1-8H3/t12-/m0/s1. The Balaban J connectivity index is 4.69. The first-order valence-electron chi connectivity index (χ1n) is 6.95. The summed E-state index contributed by atoms with van der Waals surface area (Å²) < 4.78 is 0. The van der Waals surface area contributed by atoms with Crippen LogP contribution in [0.2, 0.25) is 0 Å². The number of carbonyl (C=O) groups excluding carboxylic acids is 2. The summed E-state index contributed by atoms with van der Waals surface area (Å²) in [4.78, 5) is 24.3. The highest BCUT2D eigenvalue weighted by atomic mass is 16.1. The van der Waals surface area contributed by atoms with Crippen molar-refractivity contribution in [3.05, 3.63) is 0 Å². The maximum Gasteiger partial charge on any atom is 0.141 e. The molecule has 0 rings (SSSR count). The van der Waals surface area contributed by atoms with E-state index < -0.39 is 0 Å². The Bertz CT molecular complexity index is 300. The third-order valence-electron chi connectivity index (χ3n) is 3.40. The summed E-state index contributed by atoms with van der Waals surface area (Å²) in [6.45, 7) is 15.8. The van der Waals surface area contributed by atoms with Crippen LogP contribution >= 0.6 is 0 Å². The Kier molecular flexibility index (Phi) is 5.77.